The highest BCUT2D eigenvalue weighted by Gasteiger charge is 2.36. The van der Waals surface area contributed by atoms with E-state index < -0.39 is 17.5 Å². The molecule has 40 heavy (non-hydrogen) atoms. The van der Waals surface area contributed by atoms with Crippen molar-refractivity contribution in [2.24, 2.45) is 5.73 Å². The van der Waals surface area contributed by atoms with Crippen LogP contribution in [0.25, 0.3) is 16.8 Å². The number of likely N-dealkylation sites (tertiary alicyclic amines) is 1. The van der Waals surface area contributed by atoms with E-state index in [1.165, 1.54) is 12.1 Å². The smallest absolute Gasteiger partial charge is 0.179 e. The summed E-state index contributed by atoms with van der Waals surface area (Å²) in [4.78, 5) is 5.85. The Labute approximate surface area is 230 Å². The Bertz CT molecular complexity index is 1650. The lowest BCUT2D eigenvalue weighted by Crippen LogP contribution is -2.31. The number of pyridine rings is 2. The van der Waals surface area contributed by atoms with Gasteiger partial charge in [-0.25, -0.2) is 13.6 Å². The Hall–Kier alpha value is -4.52. The molecule has 2 fully saturated rings. The van der Waals surface area contributed by atoms with E-state index in [2.05, 4.69) is 38.4 Å². The molecule has 0 aromatic carbocycles. The van der Waals surface area contributed by atoms with Crippen LogP contribution in [0.1, 0.15) is 54.8 Å². The molecule has 4 aromatic rings. The number of nitriles is 1. The van der Waals surface area contributed by atoms with Crippen molar-refractivity contribution in [3.05, 3.63) is 59.6 Å². The lowest BCUT2D eigenvalue weighted by atomic mass is 10.0. The maximum Gasteiger partial charge on any atom is 0.179 e. The van der Waals surface area contributed by atoms with Crippen molar-refractivity contribution < 1.29 is 14.2 Å². The van der Waals surface area contributed by atoms with Crippen LogP contribution in [0, 0.1) is 36.0 Å². The largest absolute Gasteiger partial charge is 0.479 e. The van der Waals surface area contributed by atoms with E-state index in [4.69, 9.17) is 10.5 Å². The van der Waals surface area contributed by atoms with Crippen LogP contribution in [0.15, 0.2) is 36.8 Å². The molecule has 204 valence electrons. The van der Waals surface area contributed by atoms with Gasteiger partial charge in [-0.3, -0.25) is 4.98 Å². The summed E-state index contributed by atoms with van der Waals surface area (Å²) in [7, 11) is 0. The number of hydrogen-bond acceptors (Lipinski definition) is 9. The fraction of sp³-hybridized carbons (Fsp3) is 0.393. The van der Waals surface area contributed by atoms with Gasteiger partial charge in [-0.2, -0.15) is 10.4 Å². The lowest BCUT2D eigenvalue weighted by Gasteiger charge is -2.28. The van der Waals surface area contributed by atoms with Crippen LogP contribution in [0.3, 0.4) is 0 Å². The number of hydrogen-bond donors (Lipinski definition) is 2. The number of halogens is 1. The maximum absolute atomic E-state index is 13.5. The van der Waals surface area contributed by atoms with E-state index >= 15 is 0 Å². The Balaban J connectivity index is 1.40. The zero-order valence-electron chi connectivity index (χ0n) is 22.0. The van der Waals surface area contributed by atoms with Crippen molar-refractivity contribution in [2.45, 2.75) is 50.3 Å². The minimum atomic E-state index is -0.859. The molecule has 0 spiro atoms. The second kappa shape index (κ2) is 10.2. The van der Waals surface area contributed by atoms with Gasteiger partial charge in [0.1, 0.15) is 22.8 Å². The molecular formula is C28H28FN9O2. The third-order valence-corrected chi connectivity index (χ3v) is 7.48. The van der Waals surface area contributed by atoms with E-state index in [9.17, 15) is 14.8 Å². The highest BCUT2D eigenvalue weighted by atomic mass is 19.1. The van der Waals surface area contributed by atoms with E-state index in [-0.39, 0.29) is 12.6 Å². The van der Waals surface area contributed by atoms with Crippen molar-refractivity contribution in [3.8, 4) is 35.0 Å². The first kappa shape index (κ1) is 25.7. The number of aliphatic hydroxyl groups is 1. The van der Waals surface area contributed by atoms with Crippen LogP contribution in [0.2, 0.25) is 0 Å². The van der Waals surface area contributed by atoms with E-state index in [0.717, 1.165) is 37.6 Å². The summed E-state index contributed by atoms with van der Waals surface area (Å²) >= 11 is 0. The zero-order valence-corrected chi connectivity index (χ0v) is 22.0. The van der Waals surface area contributed by atoms with Crippen molar-refractivity contribution in [2.75, 3.05) is 19.7 Å². The van der Waals surface area contributed by atoms with Gasteiger partial charge < -0.3 is 20.5 Å². The lowest BCUT2D eigenvalue weighted by molar-refractivity contribution is 0.114. The van der Waals surface area contributed by atoms with Crippen molar-refractivity contribution >= 4 is 5.52 Å². The molecule has 1 aliphatic carbocycles. The van der Waals surface area contributed by atoms with Crippen LogP contribution in [-0.2, 0) is 0 Å². The molecule has 3 N–H and O–H groups in total. The van der Waals surface area contributed by atoms with E-state index in [1.54, 1.807) is 15.6 Å². The fourth-order valence-electron chi connectivity index (χ4n) is 4.93. The molecule has 4 aromatic heterocycles. The summed E-state index contributed by atoms with van der Waals surface area (Å²) in [6.07, 6.45) is 9.23. The molecule has 0 unspecified atom stereocenters. The minimum absolute atomic E-state index is 0.145. The van der Waals surface area contributed by atoms with Gasteiger partial charge in [-0.05, 0) is 50.8 Å². The van der Waals surface area contributed by atoms with Gasteiger partial charge in [-0.1, -0.05) is 17.1 Å². The van der Waals surface area contributed by atoms with Crippen molar-refractivity contribution in [1.82, 2.24) is 34.5 Å². The van der Waals surface area contributed by atoms with Crippen molar-refractivity contribution in [1.29, 1.82) is 5.26 Å². The minimum Gasteiger partial charge on any atom is -0.479 e. The molecule has 11 nitrogen and oxygen atoms in total. The number of aliphatic hydroxyl groups excluding tert-OH is 1. The molecule has 6 rings (SSSR count). The van der Waals surface area contributed by atoms with Gasteiger partial charge in [0.2, 0.25) is 0 Å². The summed E-state index contributed by atoms with van der Waals surface area (Å²) in [6.45, 7) is 2.94. The monoisotopic (exact) mass is 541 g/mol. The van der Waals surface area contributed by atoms with Crippen LogP contribution in [-0.4, -0.2) is 64.8 Å². The third kappa shape index (κ3) is 4.95. The Morgan fingerprint density at radius 2 is 2.08 bits per heavy atom. The maximum atomic E-state index is 13.5. The first-order valence-corrected chi connectivity index (χ1v) is 13.2. The Morgan fingerprint density at radius 1 is 1.27 bits per heavy atom. The quantitative estimate of drug-likeness (QED) is 0.278. The molecule has 5 heterocycles. The summed E-state index contributed by atoms with van der Waals surface area (Å²) in [6, 6.07) is 4.72. The van der Waals surface area contributed by atoms with Gasteiger partial charge in [0.25, 0.3) is 0 Å². The zero-order chi connectivity index (χ0) is 27.9. The average molecular weight is 542 g/mol. The topological polar surface area (TPSA) is 143 Å². The van der Waals surface area contributed by atoms with Crippen LogP contribution in [0.5, 0.6) is 5.75 Å². The number of nitrogens with zero attached hydrogens (tertiary/aromatic N) is 8. The standard InChI is InChI=1S/C28H28FN9O2/c1-18-26(34-35-38(18)22-5-10-36(17-30)11-6-22)20-12-24(40-25(16-39)23-3-2-21(29)14-32-23)27-19(13-33-37(27)15-20)4-7-28(31)8-9-28/h2-3,12-15,22,25,39H,5-6,8-11,16,31H2,1H3/t25-/m1/s1. The highest BCUT2D eigenvalue weighted by Crippen LogP contribution is 2.35. The molecule has 0 radical (unpaired) electrons. The summed E-state index contributed by atoms with van der Waals surface area (Å²) in [5, 5.41) is 32.8. The number of piperidine rings is 1. The molecule has 1 saturated heterocycles. The number of aromatic nitrogens is 6. The van der Waals surface area contributed by atoms with Gasteiger partial charge in [0.15, 0.2) is 12.3 Å². The Kier molecular flexibility index (Phi) is 6.58. The SMILES string of the molecule is Cc1c(-c2cc(O[C@H](CO)c3ccc(F)cn3)c3c(C#CC4(N)CC4)cnn3c2)nnn1C1CCN(C#N)CC1. The van der Waals surface area contributed by atoms with E-state index in [1.807, 2.05) is 23.9 Å². The van der Waals surface area contributed by atoms with Gasteiger partial charge >= 0.3 is 0 Å². The van der Waals surface area contributed by atoms with Crippen LogP contribution in [0.4, 0.5) is 4.39 Å². The number of fused-ring (bicyclic) bond motifs is 1. The normalized spacial score (nSPS) is 17.2. The number of nitrogens with two attached hydrogens (primary N) is 1. The first-order chi connectivity index (χ1) is 19.4. The molecule has 12 heteroatoms. The van der Waals surface area contributed by atoms with E-state index in [0.29, 0.717) is 46.9 Å². The fourth-order valence-corrected chi connectivity index (χ4v) is 4.93. The summed E-state index contributed by atoms with van der Waals surface area (Å²) in [5.41, 5.74) is 9.59. The van der Waals surface area contributed by atoms with Gasteiger partial charge in [0, 0.05) is 24.8 Å². The Morgan fingerprint density at radius 3 is 2.75 bits per heavy atom. The van der Waals surface area contributed by atoms with Crippen LogP contribution >= 0.6 is 0 Å². The third-order valence-electron chi connectivity index (χ3n) is 7.48. The second-order valence-electron chi connectivity index (χ2n) is 10.3. The molecule has 1 aliphatic heterocycles. The molecule has 2 aliphatic rings. The molecule has 1 saturated carbocycles. The number of rotatable bonds is 6. The first-order valence-electron chi connectivity index (χ1n) is 13.2. The van der Waals surface area contributed by atoms with Crippen LogP contribution < -0.4 is 10.5 Å². The predicted octanol–water partition coefficient (Wildman–Crippen LogP) is 2.51. The summed E-state index contributed by atoms with van der Waals surface area (Å²) in [5.74, 6) is 6.20. The average Bonchev–Trinajstić information content (AvgIpc) is 3.37. The highest BCUT2D eigenvalue weighted by molar-refractivity contribution is 5.75. The summed E-state index contributed by atoms with van der Waals surface area (Å²) < 4.78 is 23.4. The van der Waals surface area contributed by atoms with Crippen molar-refractivity contribution in [3.63, 3.8) is 0 Å². The molecule has 1 atom stereocenters. The van der Waals surface area contributed by atoms with Gasteiger partial charge in [0.05, 0.1) is 47.5 Å². The molecular weight excluding hydrogens is 513 g/mol. The predicted molar refractivity (Wildman–Crippen MR) is 142 cm³/mol. The molecule has 0 amide bonds. The number of ether oxygens (including phenoxy) is 1. The second-order valence-corrected chi connectivity index (χ2v) is 10.3. The molecule has 0 bridgehead atoms. The van der Waals surface area contributed by atoms with Gasteiger partial charge in [-0.15, -0.1) is 5.10 Å².